The quantitative estimate of drug-likeness (QED) is 0.140. The highest BCUT2D eigenvalue weighted by atomic mass is 19.4. The number of halogens is 3. The molecule has 10 heteroatoms. The monoisotopic (exact) mass is 626 g/mol. The van der Waals surface area contributed by atoms with E-state index in [1.807, 2.05) is 35.8 Å². The molecule has 46 heavy (non-hydrogen) atoms. The van der Waals surface area contributed by atoms with Crippen molar-refractivity contribution in [1.29, 1.82) is 0 Å². The van der Waals surface area contributed by atoms with Crippen LogP contribution in [0, 0.1) is 13.8 Å². The van der Waals surface area contributed by atoms with E-state index in [0.717, 1.165) is 29.7 Å². The number of imidazole rings is 1. The van der Waals surface area contributed by atoms with Crippen LogP contribution in [0.4, 0.5) is 18.9 Å². The number of carbonyl (C=O) groups is 2. The van der Waals surface area contributed by atoms with Crippen molar-refractivity contribution in [2.75, 3.05) is 11.9 Å². The van der Waals surface area contributed by atoms with Crippen molar-refractivity contribution in [3.8, 4) is 16.8 Å². The average Bonchev–Trinajstić information content (AvgIpc) is 3.74. The predicted octanol–water partition coefficient (Wildman–Crippen LogP) is 7.48. The van der Waals surface area contributed by atoms with Crippen molar-refractivity contribution in [2.24, 2.45) is 0 Å². The maximum Gasteiger partial charge on any atom is 0.390 e. The van der Waals surface area contributed by atoms with Gasteiger partial charge in [-0.15, -0.1) is 0 Å². The summed E-state index contributed by atoms with van der Waals surface area (Å²) in [5.74, 6) is -0.544. The fourth-order valence-corrected chi connectivity index (χ4v) is 5.56. The Balaban J connectivity index is 1.37. The first-order valence-electron chi connectivity index (χ1n) is 15.1. The number of nitrogens with zero attached hydrogens (tertiary/aromatic N) is 2. The summed E-state index contributed by atoms with van der Waals surface area (Å²) in [5.41, 5.74) is 6.64. The standard InChI is InChI=1S/C36H33F3N4O3/c1-21-16-24(8-12-28(21)34(45)33(44)23-6-4-3-5-7-23)25-18-30(40-15-14-36(37,38)39)32-31(19-25)43(20-41-32)27-11-13-29(22(2)17-27)35(46)42-26-9-10-26/h3-8,11-13,16-20,26,33,40,44H,9-10,14-15H2,1-2H3,(H,42,46). The highest BCUT2D eigenvalue weighted by molar-refractivity contribution is 6.02. The Hall–Kier alpha value is -4.96. The number of ketones is 1. The molecule has 1 aliphatic carbocycles. The van der Waals surface area contributed by atoms with Gasteiger partial charge >= 0.3 is 6.18 Å². The number of anilines is 1. The largest absolute Gasteiger partial charge is 0.390 e. The number of Topliss-reactive ketones (excluding diaryl/α,β-unsaturated/α-hetero) is 1. The van der Waals surface area contributed by atoms with Gasteiger partial charge in [0.1, 0.15) is 17.9 Å². The normalized spacial score (nSPS) is 13.9. The Morgan fingerprint density at radius 3 is 2.33 bits per heavy atom. The molecule has 7 nitrogen and oxygen atoms in total. The van der Waals surface area contributed by atoms with Crippen LogP contribution in [-0.2, 0) is 0 Å². The fraction of sp³-hybridized carbons (Fsp3) is 0.250. The van der Waals surface area contributed by atoms with E-state index in [-0.39, 0.29) is 18.5 Å². The number of amides is 1. The summed E-state index contributed by atoms with van der Waals surface area (Å²) < 4.78 is 40.9. The van der Waals surface area contributed by atoms with Gasteiger partial charge in [0.25, 0.3) is 5.91 Å². The van der Waals surface area contributed by atoms with Crippen molar-refractivity contribution in [3.63, 3.8) is 0 Å². The number of fused-ring (bicyclic) bond motifs is 1. The molecule has 0 aliphatic heterocycles. The van der Waals surface area contributed by atoms with Gasteiger partial charge in [-0.1, -0.05) is 48.5 Å². The molecule has 1 unspecified atom stereocenters. The Bertz CT molecular complexity index is 1930. The van der Waals surface area contributed by atoms with Gasteiger partial charge in [-0.2, -0.15) is 13.2 Å². The lowest BCUT2D eigenvalue weighted by Gasteiger charge is -2.15. The summed E-state index contributed by atoms with van der Waals surface area (Å²) in [7, 11) is 0. The molecule has 1 fully saturated rings. The Labute approximate surface area is 264 Å². The van der Waals surface area contributed by atoms with Crippen molar-refractivity contribution in [1.82, 2.24) is 14.9 Å². The van der Waals surface area contributed by atoms with Crippen LogP contribution in [0.3, 0.4) is 0 Å². The van der Waals surface area contributed by atoms with Crippen LogP contribution >= 0.6 is 0 Å². The molecule has 236 valence electrons. The van der Waals surface area contributed by atoms with Crippen LogP contribution in [-0.4, -0.2) is 45.1 Å². The Morgan fingerprint density at radius 1 is 0.935 bits per heavy atom. The number of alkyl halides is 3. The van der Waals surface area contributed by atoms with Gasteiger partial charge in [0.05, 0.1) is 17.6 Å². The molecule has 1 atom stereocenters. The van der Waals surface area contributed by atoms with Crippen molar-refractivity contribution < 1.29 is 27.9 Å². The number of aliphatic hydroxyl groups excluding tert-OH is 1. The molecule has 0 spiro atoms. The zero-order valence-electron chi connectivity index (χ0n) is 25.4. The van der Waals surface area contributed by atoms with Gasteiger partial charge in [0.15, 0.2) is 5.78 Å². The van der Waals surface area contributed by atoms with Gasteiger partial charge in [-0.25, -0.2) is 4.98 Å². The van der Waals surface area contributed by atoms with Gasteiger partial charge in [0.2, 0.25) is 0 Å². The summed E-state index contributed by atoms with van der Waals surface area (Å²) in [6, 6.07) is 23.3. The molecular weight excluding hydrogens is 593 g/mol. The van der Waals surface area contributed by atoms with Gasteiger partial charge in [-0.3, -0.25) is 14.2 Å². The zero-order chi connectivity index (χ0) is 32.6. The number of aliphatic hydroxyl groups is 1. The third-order valence-electron chi connectivity index (χ3n) is 8.21. The second-order valence-electron chi connectivity index (χ2n) is 11.8. The van der Waals surface area contributed by atoms with Crippen LogP contribution in [0.1, 0.15) is 62.8 Å². The zero-order valence-corrected chi connectivity index (χ0v) is 25.4. The second kappa shape index (κ2) is 12.4. The van der Waals surface area contributed by atoms with Crippen molar-refractivity contribution in [2.45, 2.75) is 51.4 Å². The molecular formula is C36H33F3N4O3. The lowest BCUT2D eigenvalue weighted by Crippen LogP contribution is -2.26. The van der Waals surface area contributed by atoms with Gasteiger partial charge < -0.3 is 15.7 Å². The number of hydrogen-bond donors (Lipinski definition) is 3. The van der Waals surface area contributed by atoms with Crippen LogP contribution in [0.25, 0.3) is 27.8 Å². The summed E-state index contributed by atoms with van der Waals surface area (Å²) in [6.45, 7) is 3.31. The summed E-state index contributed by atoms with van der Waals surface area (Å²) in [5, 5.41) is 16.6. The molecule has 6 rings (SSSR count). The Morgan fingerprint density at radius 2 is 1.65 bits per heavy atom. The Kier molecular flexibility index (Phi) is 8.39. The molecule has 0 saturated heterocycles. The number of aryl methyl sites for hydroxylation is 2. The number of nitrogens with one attached hydrogen (secondary N) is 2. The number of aromatic nitrogens is 2. The fourth-order valence-electron chi connectivity index (χ4n) is 5.56. The molecule has 1 saturated carbocycles. The highest BCUT2D eigenvalue weighted by Gasteiger charge is 2.27. The molecule has 1 aliphatic rings. The summed E-state index contributed by atoms with van der Waals surface area (Å²) in [6.07, 6.45) is -3.06. The van der Waals surface area contributed by atoms with E-state index >= 15 is 0 Å². The molecule has 1 heterocycles. The molecule has 4 aromatic carbocycles. The molecule has 1 amide bonds. The minimum Gasteiger partial charge on any atom is -0.383 e. The van der Waals surface area contributed by atoms with Gasteiger partial charge in [-0.05, 0) is 84.8 Å². The van der Waals surface area contributed by atoms with Crippen molar-refractivity contribution >= 4 is 28.4 Å². The first-order chi connectivity index (χ1) is 22.0. The third-order valence-corrected chi connectivity index (χ3v) is 8.21. The van der Waals surface area contributed by atoms with Crippen molar-refractivity contribution in [3.05, 3.63) is 113 Å². The molecule has 3 N–H and O–H groups in total. The van der Waals surface area contributed by atoms with E-state index in [9.17, 15) is 27.9 Å². The van der Waals surface area contributed by atoms with Crippen LogP contribution in [0.15, 0.2) is 85.2 Å². The first-order valence-corrected chi connectivity index (χ1v) is 15.1. The predicted molar refractivity (Wildman–Crippen MR) is 171 cm³/mol. The molecule has 5 aromatic rings. The SMILES string of the molecule is Cc1cc(-n2cnc3c(NCCC(F)(F)F)cc(-c4ccc(C(=O)C(O)c5ccccc5)c(C)c4)cc32)ccc1C(=O)NC1CC1. The molecule has 0 radical (unpaired) electrons. The van der Waals surface area contributed by atoms with E-state index in [4.69, 9.17) is 0 Å². The minimum absolute atomic E-state index is 0.117. The number of carbonyl (C=O) groups excluding carboxylic acids is 2. The first kappa shape index (κ1) is 31.0. The van der Waals surface area contributed by atoms with Crippen LogP contribution in [0.2, 0.25) is 0 Å². The number of rotatable bonds is 10. The smallest absolute Gasteiger partial charge is 0.383 e. The van der Waals surface area contributed by atoms with Crippen LogP contribution < -0.4 is 10.6 Å². The molecule has 1 aromatic heterocycles. The average molecular weight is 627 g/mol. The maximum absolute atomic E-state index is 13.2. The third kappa shape index (κ3) is 6.67. The number of benzene rings is 4. The maximum atomic E-state index is 13.2. The topological polar surface area (TPSA) is 96.2 Å². The van der Waals surface area contributed by atoms with E-state index in [0.29, 0.717) is 44.5 Å². The highest BCUT2D eigenvalue weighted by Crippen LogP contribution is 2.34. The van der Waals surface area contributed by atoms with E-state index in [2.05, 4.69) is 15.6 Å². The lowest BCUT2D eigenvalue weighted by atomic mass is 9.93. The van der Waals surface area contributed by atoms with E-state index < -0.39 is 24.5 Å². The lowest BCUT2D eigenvalue weighted by molar-refractivity contribution is -0.131. The summed E-state index contributed by atoms with van der Waals surface area (Å²) >= 11 is 0. The van der Waals surface area contributed by atoms with E-state index in [1.54, 1.807) is 67.8 Å². The molecule has 0 bridgehead atoms. The number of hydrogen-bond acceptors (Lipinski definition) is 5. The second-order valence-corrected chi connectivity index (χ2v) is 11.8. The minimum atomic E-state index is -4.32. The van der Waals surface area contributed by atoms with E-state index in [1.165, 1.54) is 0 Å². The van der Waals surface area contributed by atoms with Crippen LogP contribution in [0.5, 0.6) is 0 Å². The van der Waals surface area contributed by atoms with Gasteiger partial charge in [0, 0.05) is 29.4 Å². The summed E-state index contributed by atoms with van der Waals surface area (Å²) in [4.78, 5) is 30.4.